The lowest BCUT2D eigenvalue weighted by molar-refractivity contribution is -0.136. The zero-order chi connectivity index (χ0) is 9.14. The van der Waals surface area contributed by atoms with Crippen LogP contribution in [-0.2, 0) is 11.2 Å². The van der Waals surface area contributed by atoms with Crippen molar-refractivity contribution in [3.05, 3.63) is 16.5 Å². The number of aliphatic carboxylic acids is 1. The molecule has 0 aliphatic heterocycles. The highest BCUT2D eigenvalue weighted by Gasteiger charge is 2.04. The third-order valence-corrected chi connectivity index (χ3v) is 1.47. The molecule has 0 unspecified atom stereocenters. The fraction of sp³-hybridized carbons (Fsp3) is 0.167. The summed E-state index contributed by atoms with van der Waals surface area (Å²) in [6.45, 7) is 0. The van der Waals surface area contributed by atoms with Gasteiger partial charge < -0.3 is 15.8 Å². The van der Waals surface area contributed by atoms with Crippen LogP contribution >= 0.6 is 12.2 Å². The van der Waals surface area contributed by atoms with Gasteiger partial charge in [0, 0.05) is 11.8 Å². The van der Waals surface area contributed by atoms with Gasteiger partial charge in [0.05, 0.1) is 6.42 Å². The maximum absolute atomic E-state index is 10.3. The number of carboxylic acid groups (broad SMARTS) is 1. The number of hydrogen-bond acceptors (Lipinski definition) is 4. The Morgan fingerprint density at radius 2 is 2.50 bits per heavy atom. The highest BCUT2D eigenvalue weighted by atomic mass is 32.1. The van der Waals surface area contributed by atoms with Gasteiger partial charge in [-0.1, -0.05) is 0 Å². The van der Waals surface area contributed by atoms with Crippen molar-refractivity contribution in [2.75, 3.05) is 5.73 Å². The summed E-state index contributed by atoms with van der Waals surface area (Å²) in [7, 11) is 0. The molecule has 4 N–H and O–H groups in total. The van der Waals surface area contributed by atoms with Crippen LogP contribution in [0.2, 0.25) is 0 Å². The summed E-state index contributed by atoms with van der Waals surface area (Å²) in [5.41, 5.74) is 5.88. The molecule has 1 aromatic rings. The van der Waals surface area contributed by atoms with Crippen LogP contribution in [0.15, 0.2) is 6.20 Å². The lowest BCUT2D eigenvalue weighted by Gasteiger charge is -1.99. The zero-order valence-corrected chi connectivity index (χ0v) is 6.89. The van der Waals surface area contributed by atoms with Gasteiger partial charge in [0.25, 0.3) is 0 Å². The number of nitrogens with one attached hydrogen (secondary N) is 1. The number of nitrogens with zero attached hydrogens (tertiary/aromatic N) is 1. The second-order valence-corrected chi connectivity index (χ2v) is 2.58. The second kappa shape index (κ2) is 3.31. The predicted molar refractivity (Wildman–Crippen MR) is 45.2 cm³/mol. The van der Waals surface area contributed by atoms with E-state index in [0.717, 1.165) is 0 Å². The monoisotopic (exact) mass is 185 g/mol. The molecule has 0 aliphatic rings. The minimum Gasteiger partial charge on any atom is -0.481 e. The van der Waals surface area contributed by atoms with Gasteiger partial charge in [-0.2, -0.15) is 0 Å². The van der Waals surface area contributed by atoms with E-state index < -0.39 is 5.97 Å². The quantitative estimate of drug-likeness (QED) is 0.578. The Morgan fingerprint density at radius 1 is 1.83 bits per heavy atom. The predicted octanol–water partition coefficient (Wildman–Crippen LogP) is 0.348. The van der Waals surface area contributed by atoms with Gasteiger partial charge in [0.2, 0.25) is 0 Å². The van der Waals surface area contributed by atoms with E-state index in [9.17, 15) is 4.79 Å². The summed E-state index contributed by atoms with van der Waals surface area (Å²) in [5, 5.41) is 8.44. The van der Waals surface area contributed by atoms with Gasteiger partial charge >= 0.3 is 5.97 Å². The fourth-order valence-electron chi connectivity index (χ4n) is 0.738. The van der Waals surface area contributed by atoms with Crippen molar-refractivity contribution < 1.29 is 9.90 Å². The van der Waals surface area contributed by atoms with Crippen molar-refractivity contribution in [2.45, 2.75) is 6.42 Å². The van der Waals surface area contributed by atoms with Gasteiger partial charge in [-0.05, 0) is 12.2 Å². The molecule has 0 bridgehead atoms. The summed E-state index contributed by atoms with van der Waals surface area (Å²) in [6, 6.07) is 0. The fourth-order valence-corrected chi connectivity index (χ4v) is 0.900. The molecule has 0 aliphatic carbocycles. The minimum absolute atomic E-state index is 0.148. The van der Waals surface area contributed by atoms with Crippen LogP contribution in [0.5, 0.6) is 0 Å². The Labute approximate surface area is 73.3 Å². The molecule has 1 rings (SSSR count). The SMILES string of the molecule is Nc1[nH]c(=S)ncc1CC(=O)O. The molecular formula is C6H7N3O2S. The van der Waals surface area contributed by atoms with E-state index in [4.69, 9.17) is 10.8 Å². The molecule has 0 aromatic carbocycles. The molecule has 0 fully saturated rings. The number of H-pyrrole nitrogens is 1. The molecular weight excluding hydrogens is 178 g/mol. The number of carbonyl (C=O) groups is 1. The first-order valence-corrected chi connectivity index (χ1v) is 3.56. The molecule has 0 spiro atoms. The molecule has 12 heavy (non-hydrogen) atoms. The molecule has 0 radical (unpaired) electrons. The van der Waals surface area contributed by atoms with E-state index in [0.29, 0.717) is 5.56 Å². The average molecular weight is 185 g/mol. The Morgan fingerprint density at radius 3 is 3.00 bits per heavy atom. The van der Waals surface area contributed by atoms with Gasteiger partial charge in [0.1, 0.15) is 5.82 Å². The van der Waals surface area contributed by atoms with E-state index in [1.165, 1.54) is 6.20 Å². The first-order chi connectivity index (χ1) is 5.59. The van der Waals surface area contributed by atoms with Crippen molar-refractivity contribution in [3.8, 4) is 0 Å². The van der Waals surface area contributed by atoms with Crippen molar-refractivity contribution in [1.29, 1.82) is 0 Å². The van der Waals surface area contributed by atoms with E-state index in [-0.39, 0.29) is 17.0 Å². The summed E-state index contributed by atoms with van der Waals surface area (Å²) in [4.78, 5) is 16.6. The van der Waals surface area contributed by atoms with Crippen LogP contribution < -0.4 is 5.73 Å². The molecule has 64 valence electrons. The zero-order valence-electron chi connectivity index (χ0n) is 6.07. The number of anilines is 1. The standard InChI is InChI=1S/C6H7N3O2S/c7-5-3(1-4(10)11)2-8-6(12)9-5/h2H,1H2,(H,10,11)(H3,7,8,9,12). The summed E-state index contributed by atoms with van der Waals surface area (Å²) in [6.07, 6.45) is 1.22. The van der Waals surface area contributed by atoms with E-state index in [1.54, 1.807) is 0 Å². The van der Waals surface area contributed by atoms with Gasteiger partial charge in [-0.25, -0.2) is 4.98 Å². The number of aromatic nitrogens is 2. The Hall–Kier alpha value is -1.43. The van der Waals surface area contributed by atoms with E-state index in [1.807, 2.05) is 0 Å². The van der Waals surface area contributed by atoms with Crippen molar-refractivity contribution in [1.82, 2.24) is 9.97 Å². The van der Waals surface area contributed by atoms with Crippen molar-refractivity contribution in [2.24, 2.45) is 0 Å². The lowest BCUT2D eigenvalue weighted by Crippen LogP contribution is -2.05. The molecule has 0 saturated heterocycles. The number of nitrogen functional groups attached to an aromatic ring is 1. The van der Waals surface area contributed by atoms with Crippen molar-refractivity contribution >= 4 is 24.0 Å². The normalized spacial score (nSPS) is 9.67. The molecule has 1 heterocycles. The molecule has 6 heteroatoms. The second-order valence-electron chi connectivity index (χ2n) is 2.20. The van der Waals surface area contributed by atoms with Gasteiger partial charge in [-0.15, -0.1) is 0 Å². The van der Waals surface area contributed by atoms with Crippen LogP contribution in [0.4, 0.5) is 5.82 Å². The van der Waals surface area contributed by atoms with Crippen LogP contribution in [-0.4, -0.2) is 21.0 Å². The first-order valence-electron chi connectivity index (χ1n) is 3.15. The lowest BCUT2D eigenvalue weighted by atomic mass is 10.2. The summed E-state index contributed by atoms with van der Waals surface area (Å²) < 4.78 is 0.252. The van der Waals surface area contributed by atoms with Gasteiger partial charge in [-0.3, -0.25) is 4.79 Å². The maximum Gasteiger partial charge on any atom is 0.308 e. The minimum atomic E-state index is -0.950. The topological polar surface area (TPSA) is 92.0 Å². The highest BCUT2D eigenvalue weighted by molar-refractivity contribution is 7.71. The third kappa shape index (κ3) is 2.03. The molecule has 0 atom stereocenters. The largest absolute Gasteiger partial charge is 0.481 e. The third-order valence-electron chi connectivity index (χ3n) is 1.27. The number of rotatable bonds is 2. The number of nitrogens with two attached hydrogens (primary N) is 1. The maximum atomic E-state index is 10.3. The molecule has 1 aromatic heterocycles. The Kier molecular flexibility index (Phi) is 2.39. The smallest absolute Gasteiger partial charge is 0.308 e. The number of aromatic amines is 1. The molecule has 5 nitrogen and oxygen atoms in total. The van der Waals surface area contributed by atoms with Crippen LogP contribution in [0.25, 0.3) is 0 Å². The average Bonchev–Trinajstić information content (AvgIpc) is 1.94. The van der Waals surface area contributed by atoms with Crippen molar-refractivity contribution in [3.63, 3.8) is 0 Å². The van der Waals surface area contributed by atoms with Crippen LogP contribution in [0.1, 0.15) is 5.56 Å². The highest BCUT2D eigenvalue weighted by Crippen LogP contribution is 2.05. The number of hydrogen-bond donors (Lipinski definition) is 3. The van der Waals surface area contributed by atoms with Crippen LogP contribution in [0.3, 0.4) is 0 Å². The van der Waals surface area contributed by atoms with Gasteiger partial charge in [0.15, 0.2) is 4.77 Å². The van der Waals surface area contributed by atoms with E-state index >= 15 is 0 Å². The van der Waals surface area contributed by atoms with E-state index in [2.05, 4.69) is 22.2 Å². The summed E-state index contributed by atoms with van der Waals surface area (Å²) >= 11 is 4.68. The van der Waals surface area contributed by atoms with Crippen LogP contribution in [0, 0.1) is 4.77 Å². The number of carboxylic acids is 1. The molecule has 0 saturated carbocycles. The first kappa shape index (κ1) is 8.66. The summed E-state index contributed by atoms with van der Waals surface area (Å²) in [5.74, 6) is -0.689. The molecule has 0 amide bonds. The Bertz CT molecular complexity index is 360. The Balaban J connectivity index is 3.01.